The fourth-order valence-electron chi connectivity index (χ4n) is 2.07. The topological polar surface area (TPSA) is 75.1 Å². The second-order valence-corrected chi connectivity index (χ2v) is 5.56. The summed E-state index contributed by atoms with van der Waals surface area (Å²) >= 11 is 1.40. The van der Waals surface area contributed by atoms with Gasteiger partial charge in [-0.1, -0.05) is 18.2 Å². The van der Waals surface area contributed by atoms with Crippen molar-refractivity contribution in [1.29, 1.82) is 0 Å². The van der Waals surface area contributed by atoms with E-state index < -0.39 is 12.0 Å². The number of nitrogens with zero attached hydrogens (tertiary/aromatic N) is 2. The van der Waals surface area contributed by atoms with Crippen molar-refractivity contribution in [2.45, 2.75) is 13.0 Å². The Labute approximate surface area is 125 Å². The van der Waals surface area contributed by atoms with Crippen LogP contribution in [0.1, 0.15) is 16.6 Å². The van der Waals surface area contributed by atoms with E-state index in [1.807, 2.05) is 42.6 Å². The van der Waals surface area contributed by atoms with E-state index in [0.717, 1.165) is 15.9 Å². The van der Waals surface area contributed by atoms with Crippen LogP contribution in [0.4, 0.5) is 5.82 Å². The van der Waals surface area contributed by atoms with Gasteiger partial charge in [0, 0.05) is 4.88 Å². The molecule has 2 N–H and O–H groups in total. The molecule has 3 rings (SSSR count). The van der Waals surface area contributed by atoms with Gasteiger partial charge in [0.25, 0.3) is 0 Å². The Morgan fingerprint density at radius 3 is 2.52 bits per heavy atom. The maximum Gasteiger partial charge on any atom is 0.331 e. The fraction of sp³-hybridized carbons (Fsp3) is 0.133. The number of fused-ring (bicyclic) bond motifs is 1. The summed E-state index contributed by atoms with van der Waals surface area (Å²) in [5.74, 6) is -0.443. The van der Waals surface area contributed by atoms with Gasteiger partial charge in [-0.15, -0.1) is 11.3 Å². The van der Waals surface area contributed by atoms with Crippen molar-refractivity contribution in [2.24, 2.45) is 0 Å². The van der Waals surface area contributed by atoms with Crippen LogP contribution in [-0.2, 0) is 4.79 Å². The number of aryl methyl sites for hydroxylation is 1. The lowest BCUT2D eigenvalue weighted by molar-refractivity contribution is -0.138. The lowest BCUT2D eigenvalue weighted by Gasteiger charge is -2.15. The summed E-state index contributed by atoms with van der Waals surface area (Å²) in [4.78, 5) is 21.1. The molecule has 2 aromatic heterocycles. The quantitative estimate of drug-likeness (QED) is 0.773. The van der Waals surface area contributed by atoms with E-state index in [4.69, 9.17) is 0 Å². The number of nitrogens with one attached hydrogen (secondary N) is 1. The van der Waals surface area contributed by atoms with Gasteiger partial charge in [0.15, 0.2) is 6.04 Å². The second kappa shape index (κ2) is 5.49. The van der Waals surface area contributed by atoms with E-state index in [1.54, 1.807) is 6.07 Å². The molecule has 0 bridgehead atoms. The minimum absolute atomic E-state index is 0.495. The molecule has 21 heavy (non-hydrogen) atoms. The first-order valence-electron chi connectivity index (χ1n) is 6.41. The fourth-order valence-corrected chi connectivity index (χ4v) is 2.84. The highest BCUT2D eigenvalue weighted by Crippen LogP contribution is 2.25. The maximum atomic E-state index is 11.5. The molecule has 0 saturated carbocycles. The number of thiophene rings is 1. The molecule has 1 atom stereocenters. The lowest BCUT2D eigenvalue weighted by atomic mass is 10.2. The minimum atomic E-state index is -0.938. The molecular weight excluding hydrogens is 286 g/mol. The summed E-state index contributed by atoms with van der Waals surface area (Å²) in [7, 11) is 0. The predicted molar refractivity (Wildman–Crippen MR) is 82.6 cm³/mol. The minimum Gasteiger partial charge on any atom is -0.479 e. The molecular formula is C15H13N3O2S. The number of carboxylic acid groups (broad SMARTS) is 1. The molecule has 0 amide bonds. The predicted octanol–water partition coefficient (Wildman–Crippen LogP) is 3.24. The number of hydrogen-bond acceptors (Lipinski definition) is 5. The number of carbonyl (C=O) groups is 1. The molecule has 0 aliphatic heterocycles. The number of benzene rings is 1. The maximum absolute atomic E-state index is 11.5. The van der Waals surface area contributed by atoms with Crippen LogP contribution >= 0.6 is 11.3 Å². The summed E-state index contributed by atoms with van der Waals surface area (Å²) in [6.45, 7) is 1.81. The third kappa shape index (κ3) is 2.71. The van der Waals surface area contributed by atoms with Crippen LogP contribution in [0, 0.1) is 6.92 Å². The van der Waals surface area contributed by atoms with Crippen LogP contribution < -0.4 is 5.32 Å². The Hall–Kier alpha value is -2.47. The zero-order chi connectivity index (χ0) is 14.8. The highest BCUT2D eigenvalue weighted by Gasteiger charge is 2.22. The molecule has 3 aromatic rings. The number of anilines is 1. The van der Waals surface area contributed by atoms with Crippen molar-refractivity contribution >= 4 is 34.2 Å². The third-order valence-electron chi connectivity index (χ3n) is 3.10. The molecule has 1 unspecified atom stereocenters. The summed E-state index contributed by atoms with van der Waals surface area (Å²) in [5.41, 5.74) is 2.21. The highest BCUT2D eigenvalue weighted by atomic mass is 32.1. The SMILES string of the molecule is Cc1nc2ccccc2nc1NC(C(=O)O)c1cccs1. The Balaban J connectivity index is 1.99. The van der Waals surface area contributed by atoms with Crippen molar-refractivity contribution in [2.75, 3.05) is 5.32 Å². The number of para-hydroxylation sites is 2. The smallest absolute Gasteiger partial charge is 0.331 e. The van der Waals surface area contributed by atoms with E-state index in [-0.39, 0.29) is 0 Å². The molecule has 0 aliphatic carbocycles. The highest BCUT2D eigenvalue weighted by molar-refractivity contribution is 7.10. The average molecular weight is 299 g/mol. The Bertz CT molecular complexity index is 787. The molecule has 0 saturated heterocycles. The van der Waals surface area contributed by atoms with Gasteiger partial charge < -0.3 is 10.4 Å². The molecule has 0 fully saturated rings. The molecule has 0 spiro atoms. The van der Waals surface area contributed by atoms with E-state index in [9.17, 15) is 9.90 Å². The number of hydrogen-bond donors (Lipinski definition) is 2. The van der Waals surface area contributed by atoms with E-state index >= 15 is 0 Å². The molecule has 6 heteroatoms. The Morgan fingerprint density at radius 2 is 1.90 bits per heavy atom. The van der Waals surface area contributed by atoms with Crippen LogP contribution in [0.3, 0.4) is 0 Å². The molecule has 0 aliphatic rings. The number of aromatic nitrogens is 2. The van der Waals surface area contributed by atoms with Gasteiger partial charge in [-0.2, -0.15) is 0 Å². The molecule has 1 aromatic carbocycles. The standard InChI is InChI=1S/C15H13N3O2S/c1-9-14(17-11-6-3-2-5-10(11)16-9)18-13(15(19)20)12-7-4-8-21-12/h2-8,13H,1H3,(H,17,18)(H,19,20). The second-order valence-electron chi connectivity index (χ2n) is 4.58. The van der Waals surface area contributed by atoms with Gasteiger partial charge >= 0.3 is 5.97 Å². The van der Waals surface area contributed by atoms with Gasteiger partial charge in [0.05, 0.1) is 16.7 Å². The van der Waals surface area contributed by atoms with E-state index in [2.05, 4.69) is 15.3 Å². The Kier molecular flexibility index (Phi) is 3.53. The van der Waals surface area contributed by atoms with Gasteiger partial charge in [0.1, 0.15) is 5.82 Å². The normalized spacial score (nSPS) is 12.2. The summed E-state index contributed by atoms with van der Waals surface area (Å²) in [6, 6.07) is 10.3. The van der Waals surface area contributed by atoms with Gasteiger partial charge in [-0.3, -0.25) is 0 Å². The lowest BCUT2D eigenvalue weighted by Crippen LogP contribution is -2.20. The average Bonchev–Trinajstić information content (AvgIpc) is 2.98. The third-order valence-corrected chi connectivity index (χ3v) is 4.04. The van der Waals surface area contributed by atoms with Crippen molar-refractivity contribution < 1.29 is 9.90 Å². The van der Waals surface area contributed by atoms with E-state index in [1.165, 1.54) is 11.3 Å². The number of rotatable bonds is 4. The summed E-state index contributed by atoms with van der Waals surface area (Å²) in [5, 5.41) is 14.2. The number of aliphatic carboxylic acids is 1. The Morgan fingerprint density at radius 1 is 1.19 bits per heavy atom. The molecule has 2 heterocycles. The van der Waals surface area contributed by atoms with Gasteiger partial charge in [-0.25, -0.2) is 14.8 Å². The van der Waals surface area contributed by atoms with Crippen molar-refractivity contribution in [1.82, 2.24) is 9.97 Å². The van der Waals surface area contributed by atoms with Crippen molar-refractivity contribution in [3.8, 4) is 0 Å². The first-order valence-corrected chi connectivity index (χ1v) is 7.29. The van der Waals surface area contributed by atoms with Gasteiger partial charge in [0.2, 0.25) is 0 Å². The van der Waals surface area contributed by atoms with Crippen LogP contribution in [0.5, 0.6) is 0 Å². The van der Waals surface area contributed by atoms with Crippen molar-refractivity contribution in [3.05, 3.63) is 52.3 Å². The van der Waals surface area contributed by atoms with E-state index in [0.29, 0.717) is 11.5 Å². The van der Waals surface area contributed by atoms with Crippen LogP contribution in [0.2, 0.25) is 0 Å². The molecule has 0 radical (unpaired) electrons. The monoisotopic (exact) mass is 299 g/mol. The first kappa shape index (κ1) is 13.5. The molecule has 106 valence electrons. The zero-order valence-corrected chi connectivity index (χ0v) is 12.1. The zero-order valence-electron chi connectivity index (χ0n) is 11.3. The van der Waals surface area contributed by atoms with Crippen LogP contribution in [0.25, 0.3) is 11.0 Å². The van der Waals surface area contributed by atoms with Crippen LogP contribution in [0.15, 0.2) is 41.8 Å². The van der Waals surface area contributed by atoms with Crippen molar-refractivity contribution in [3.63, 3.8) is 0 Å². The summed E-state index contributed by atoms with van der Waals surface area (Å²) < 4.78 is 0. The molecule has 5 nitrogen and oxygen atoms in total. The first-order chi connectivity index (χ1) is 10.1. The number of carboxylic acids is 1. The summed E-state index contributed by atoms with van der Waals surface area (Å²) in [6.07, 6.45) is 0. The largest absolute Gasteiger partial charge is 0.479 e. The van der Waals surface area contributed by atoms with Crippen LogP contribution in [-0.4, -0.2) is 21.0 Å². The van der Waals surface area contributed by atoms with Gasteiger partial charge in [-0.05, 0) is 30.5 Å².